The van der Waals surface area contributed by atoms with Crippen LogP contribution in [0.15, 0.2) is 6.07 Å². The lowest BCUT2D eigenvalue weighted by Crippen LogP contribution is -1.94. The van der Waals surface area contributed by atoms with Gasteiger partial charge in [0.15, 0.2) is 11.5 Å². The summed E-state index contributed by atoms with van der Waals surface area (Å²) in [4.78, 5) is 0. The highest BCUT2D eigenvalue weighted by Crippen LogP contribution is 2.36. The first-order chi connectivity index (χ1) is 7.11. The minimum atomic E-state index is -0.891. The molecule has 15 heavy (non-hydrogen) atoms. The molecule has 1 rings (SSSR count). The van der Waals surface area contributed by atoms with E-state index in [0.29, 0.717) is 5.56 Å². The summed E-state index contributed by atoms with van der Waals surface area (Å²) in [6.07, 6.45) is 0.443. The van der Waals surface area contributed by atoms with Crippen molar-refractivity contribution >= 4 is 11.6 Å². The van der Waals surface area contributed by atoms with Gasteiger partial charge in [0.1, 0.15) is 0 Å². The molecule has 0 bridgehead atoms. The summed E-state index contributed by atoms with van der Waals surface area (Å²) in [7, 11) is 1.26. The molecule has 1 N–H and O–H groups in total. The molecule has 0 aromatic heterocycles. The van der Waals surface area contributed by atoms with Crippen molar-refractivity contribution in [1.29, 1.82) is 5.26 Å². The lowest BCUT2D eigenvalue weighted by molar-refractivity contribution is 0.362. The van der Waals surface area contributed by atoms with Crippen LogP contribution in [0.1, 0.15) is 12.0 Å². The van der Waals surface area contributed by atoms with Gasteiger partial charge in [-0.05, 0) is 18.1 Å². The fraction of sp³-hybridized carbons (Fsp3) is 0.300. The van der Waals surface area contributed by atoms with Crippen molar-refractivity contribution in [1.82, 2.24) is 0 Å². The van der Waals surface area contributed by atoms with E-state index < -0.39 is 11.6 Å². The third-order valence-electron chi connectivity index (χ3n) is 1.94. The van der Waals surface area contributed by atoms with E-state index in [1.54, 1.807) is 0 Å². The normalized spacial score (nSPS) is 9.73. The molecular formula is C10H9ClFNO2. The molecule has 0 atom stereocenters. The number of methoxy groups -OCH3 is 1. The Morgan fingerprint density at radius 3 is 2.87 bits per heavy atom. The fourth-order valence-corrected chi connectivity index (χ4v) is 1.50. The number of benzene rings is 1. The Morgan fingerprint density at radius 2 is 2.33 bits per heavy atom. The molecule has 1 aromatic rings. The summed E-state index contributed by atoms with van der Waals surface area (Å²) in [5.41, 5.74) is 0.305. The second kappa shape index (κ2) is 4.85. The molecule has 0 saturated heterocycles. The average molecular weight is 230 g/mol. The molecule has 0 aliphatic carbocycles. The van der Waals surface area contributed by atoms with Gasteiger partial charge in [-0.2, -0.15) is 9.65 Å². The zero-order valence-electron chi connectivity index (χ0n) is 8.05. The summed E-state index contributed by atoms with van der Waals surface area (Å²) in [6, 6.07) is 3.30. The molecule has 0 fully saturated rings. The molecule has 0 spiro atoms. The van der Waals surface area contributed by atoms with Crippen LogP contribution in [0.2, 0.25) is 5.02 Å². The van der Waals surface area contributed by atoms with Crippen LogP contribution in [0.3, 0.4) is 0 Å². The van der Waals surface area contributed by atoms with Gasteiger partial charge in [0, 0.05) is 6.42 Å². The largest absolute Gasteiger partial charge is 0.505 e. The van der Waals surface area contributed by atoms with E-state index in [0.717, 1.165) is 0 Å². The molecule has 80 valence electrons. The van der Waals surface area contributed by atoms with Crippen LogP contribution in [-0.2, 0) is 6.42 Å². The minimum Gasteiger partial charge on any atom is -0.505 e. The fourth-order valence-electron chi connectivity index (χ4n) is 1.21. The number of ether oxygens (including phenoxy) is 1. The van der Waals surface area contributed by atoms with Crippen LogP contribution >= 0.6 is 11.6 Å². The maximum Gasteiger partial charge on any atom is 0.208 e. The highest BCUT2D eigenvalue weighted by Gasteiger charge is 2.17. The Balaban J connectivity index is 3.17. The zero-order chi connectivity index (χ0) is 11.4. The quantitative estimate of drug-likeness (QED) is 0.867. The lowest BCUT2D eigenvalue weighted by Gasteiger charge is -2.09. The number of hydrogen-bond acceptors (Lipinski definition) is 3. The van der Waals surface area contributed by atoms with Crippen LogP contribution in [0.5, 0.6) is 11.5 Å². The van der Waals surface area contributed by atoms with Gasteiger partial charge in [-0.15, -0.1) is 0 Å². The first-order valence-corrected chi connectivity index (χ1v) is 4.60. The maximum absolute atomic E-state index is 13.4. The third-order valence-corrected chi connectivity index (χ3v) is 2.22. The summed E-state index contributed by atoms with van der Waals surface area (Å²) in [5.74, 6) is -1.58. The van der Waals surface area contributed by atoms with Crippen LogP contribution in [0.25, 0.3) is 0 Å². The molecule has 0 unspecified atom stereocenters. The number of phenols is 1. The van der Waals surface area contributed by atoms with Gasteiger partial charge in [0.2, 0.25) is 5.82 Å². The molecule has 1 aromatic carbocycles. The van der Waals surface area contributed by atoms with Gasteiger partial charge >= 0.3 is 0 Å². The summed E-state index contributed by atoms with van der Waals surface area (Å²) in [5, 5.41) is 17.9. The number of aryl methyl sites for hydroxylation is 1. The van der Waals surface area contributed by atoms with Gasteiger partial charge < -0.3 is 9.84 Å². The van der Waals surface area contributed by atoms with Crippen molar-refractivity contribution in [3.63, 3.8) is 0 Å². The van der Waals surface area contributed by atoms with Crippen LogP contribution in [0, 0.1) is 17.1 Å². The van der Waals surface area contributed by atoms with Gasteiger partial charge in [-0.3, -0.25) is 0 Å². The van der Waals surface area contributed by atoms with Crippen molar-refractivity contribution in [2.24, 2.45) is 0 Å². The van der Waals surface area contributed by atoms with Crippen LogP contribution in [-0.4, -0.2) is 12.2 Å². The van der Waals surface area contributed by atoms with Crippen LogP contribution in [0.4, 0.5) is 4.39 Å². The third kappa shape index (κ3) is 2.31. The van der Waals surface area contributed by atoms with E-state index in [1.165, 1.54) is 13.2 Å². The first-order valence-electron chi connectivity index (χ1n) is 4.22. The molecule has 3 nitrogen and oxygen atoms in total. The van der Waals surface area contributed by atoms with E-state index in [-0.39, 0.29) is 23.6 Å². The Bertz CT molecular complexity index is 415. The van der Waals surface area contributed by atoms with E-state index in [2.05, 4.69) is 4.74 Å². The minimum absolute atomic E-state index is 0.0840. The summed E-state index contributed by atoms with van der Waals surface area (Å²) < 4.78 is 18.1. The van der Waals surface area contributed by atoms with E-state index in [4.69, 9.17) is 16.9 Å². The summed E-state index contributed by atoms with van der Waals surface area (Å²) >= 11 is 5.73. The highest BCUT2D eigenvalue weighted by molar-refractivity contribution is 6.32. The smallest absolute Gasteiger partial charge is 0.208 e. The van der Waals surface area contributed by atoms with Crippen molar-refractivity contribution in [2.75, 3.05) is 7.11 Å². The topological polar surface area (TPSA) is 53.2 Å². The zero-order valence-corrected chi connectivity index (χ0v) is 8.81. The second-order valence-corrected chi connectivity index (χ2v) is 3.28. The lowest BCUT2D eigenvalue weighted by atomic mass is 10.1. The highest BCUT2D eigenvalue weighted by atomic mass is 35.5. The predicted octanol–water partition coefficient (Wildman–Crippen LogP) is 2.65. The molecule has 0 saturated carbocycles. The van der Waals surface area contributed by atoms with E-state index in [1.807, 2.05) is 6.07 Å². The van der Waals surface area contributed by atoms with E-state index >= 15 is 0 Å². The van der Waals surface area contributed by atoms with Gasteiger partial charge in [0.05, 0.1) is 18.2 Å². The molecule has 5 heteroatoms. The molecule has 0 aliphatic heterocycles. The average Bonchev–Trinajstić information content (AvgIpc) is 2.22. The molecule has 0 heterocycles. The first kappa shape index (κ1) is 11.6. The van der Waals surface area contributed by atoms with Crippen LogP contribution < -0.4 is 4.74 Å². The number of halogens is 2. The van der Waals surface area contributed by atoms with Crippen molar-refractivity contribution in [3.8, 4) is 17.6 Å². The number of aromatic hydroxyl groups is 1. The van der Waals surface area contributed by atoms with Crippen molar-refractivity contribution < 1.29 is 14.2 Å². The predicted molar refractivity (Wildman–Crippen MR) is 53.6 cm³/mol. The number of rotatable bonds is 3. The Labute approximate surface area is 91.7 Å². The van der Waals surface area contributed by atoms with Gasteiger partial charge in [0.25, 0.3) is 0 Å². The Kier molecular flexibility index (Phi) is 3.75. The maximum atomic E-state index is 13.4. The number of nitriles is 1. The number of hydrogen-bond donors (Lipinski definition) is 1. The molecule has 0 amide bonds. The number of phenolic OH excluding ortho intramolecular Hbond substituents is 1. The number of nitrogens with zero attached hydrogens (tertiary/aromatic N) is 1. The van der Waals surface area contributed by atoms with Crippen molar-refractivity contribution in [3.05, 3.63) is 22.5 Å². The van der Waals surface area contributed by atoms with Gasteiger partial charge in [-0.1, -0.05) is 11.6 Å². The van der Waals surface area contributed by atoms with E-state index in [9.17, 15) is 9.50 Å². The van der Waals surface area contributed by atoms with Gasteiger partial charge in [-0.25, -0.2) is 0 Å². The monoisotopic (exact) mass is 229 g/mol. The SMILES string of the molecule is COc1c(Cl)cc(CCC#N)c(O)c1F. The van der Waals surface area contributed by atoms with Crippen molar-refractivity contribution in [2.45, 2.75) is 12.8 Å². The Hall–Kier alpha value is -1.47. The standard InChI is InChI=1S/C10H9ClFNO2/c1-15-10-7(11)5-6(3-2-4-13)9(14)8(10)12/h5,14H,2-3H2,1H3. The second-order valence-electron chi connectivity index (χ2n) is 2.87. The molecular weight excluding hydrogens is 221 g/mol. The summed E-state index contributed by atoms with van der Waals surface area (Å²) in [6.45, 7) is 0. The molecule has 0 aliphatic rings. The molecule has 0 radical (unpaired) electrons. The Morgan fingerprint density at radius 1 is 1.67 bits per heavy atom.